The van der Waals surface area contributed by atoms with E-state index in [0.29, 0.717) is 27.2 Å². The number of alkyl halides is 3. The Balaban J connectivity index is 2.18. The molecule has 2 aromatic carbocycles. The highest BCUT2D eigenvalue weighted by atomic mass is 35.5. The van der Waals surface area contributed by atoms with Crippen molar-refractivity contribution in [2.24, 2.45) is 0 Å². The Morgan fingerprint density at radius 1 is 1.15 bits per heavy atom. The van der Waals surface area contributed by atoms with Crippen molar-refractivity contribution in [2.45, 2.75) is 24.7 Å². The zero-order valence-corrected chi connectivity index (χ0v) is 15.3. The van der Waals surface area contributed by atoms with Crippen molar-refractivity contribution in [2.75, 3.05) is 5.75 Å². The van der Waals surface area contributed by atoms with E-state index in [1.54, 1.807) is 49.4 Å². The molecule has 3 rings (SSSR count). The van der Waals surface area contributed by atoms with Gasteiger partial charge in [-0.25, -0.2) is 4.98 Å². The number of rotatable bonds is 4. The van der Waals surface area contributed by atoms with Gasteiger partial charge in [-0.3, -0.25) is 9.36 Å². The van der Waals surface area contributed by atoms with Crippen LogP contribution in [-0.2, 0) is 0 Å². The van der Waals surface area contributed by atoms with Gasteiger partial charge >= 0.3 is 6.18 Å². The van der Waals surface area contributed by atoms with E-state index >= 15 is 0 Å². The average Bonchev–Trinajstić information content (AvgIpc) is 2.57. The Bertz CT molecular complexity index is 1020. The Hall–Kier alpha value is -1.99. The minimum atomic E-state index is -4.26. The van der Waals surface area contributed by atoms with E-state index in [0.717, 1.165) is 11.8 Å². The molecule has 136 valence electrons. The predicted molar refractivity (Wildman–Crippen MR) is 98.5 cm³/mol. The van der Waals surface area contributed by atoms with E-state index in [-0.39, 0.29) is 16.5 Å². The van der Waals surface area contributed by atoms with Crippen molar-refractivity contribution in [1.82, 2.24) is 9.55 Å². The number of para-hydroxylation sites is 1. The number of aromatic nitrogens is 2. The lowest BCUT2D eigenvalue weighted by molar-refractivity contribution is -0.129. The van der Waals surface area contributed by atoms with E-state index in [1.807, 2.05) is 0 Å². The molecule has 8 heteroatoms. The van der Waals surface area contributed by atoms with Crippen LogP contribution in [0, 0.1) is 6.92 Å². The Kier molecular flexibility index (Phi) is 5.29. The molecular weight excluding hydrogens is 385 g/mol. The number of fused-ring (bicyclic) bond motifs is 1. The molecule has 0 spiro atoms. The average molecular weight is 399 g/mol. The first kappa shape index (κ1) is 18.8. The second-order valence-corrected chi connectivity index (χ2v) is 7.12. The number of nitrogens with zero attached hydrogens (tertiary/aromatic N) is 2. The van der Waals surface area contributed by atoms with Crippen molar-refractivity contribution in [1.29, 1.82) is 0 Å². The zero-order chi connectivity index (χ0) is 18.9. The largest absolute Gasteiger partial charge is 0.389 e. The molecule has 0 radical (unpaired) electrons. The fourth-order valence-corrected chi connectivity index (χ4v) is 3.68. The first-order valence-corrected chi connectivity index (χ1v) is 9.11. The summed E-state index contributed by atoms with van der Waals surface area (Å²) in [7, 11) is 0. The second kappa shape index (κ2) is 7.32. The highest BCUT2D eigenvalue weighted by molar-refractivity contribution is 7.99. The molecule has 3 aromatic rings. The molecule has 0 unspecified atom stereocenters. The molecule has 0 saturated carbocycles. The van der Waals surface area contributed by atoms with Gasteiger partial charge in [0.1, 0.15) is 0 Å². The van der Waals surface area contributed by atoms with Gasteiger partial charge in [-0.05, 0) is 36.8 Å². The van der Waals surface area contributed by atoms with Crippen LogP contribution in [-0.4, -0.2) is 21.5 Å². The minimum absolute atomic E-state index is 0.211. The maximum absolute atomic E-state index is 13.0. The molecule has 26 heavy (non-hydrogen) atoms. The third-order valence-corrected chi connectivity index (χ3v) is 5.19. The molecule has 1 aromatic heterocycles. The van der Waals surface area contributed by atoms with E-state index in [4.69, 9.17) is 11.6 Å². The highest BCUT2D eigenvalue weighted by Gasteiger charge is 2.27. The topological polar surface area (TPSA) is 34.9 Å². The molecule has 0 amide bonds. The lowest BCUT2D eigenvalue weighted by Gasteiger charge is -2.16. The number of halogens is 4. The number of thioether (sulfide) groups is 1. The van der Waals surface area contributed by atoms with Gasteiger partial charge in [0.05, 0.1) is 23.0 Å². The van der Waals surface area contributed by atoms with E-state index < -0.39 is 12.6 Å². The van der Waals surface area contributed by atoms with Gasteiger partial charge in [-0.2, -0.15) is 13.2 Å². The molecule has 0 N–H and O–H groups in total. The van der Waals surface area contributed by atoms with Gasteiger partial charge in [-0.1, -0.05) is 41.6 Å². The van der Waals surface area contributed by atoms with Crippen LogP contribution in [0.1, 0.15) is 12.0 Å². The fraction of sp³-hybridized carbons (Fsp3) is 0.222. The van der Waals surface area contributed by atoms with Crippen LogP contribution < -0.4 is 5.56 Å². The molecule has 0 aliphatic rings. The normalized spacial score (nSPS) is 11.9. The Labute approximate surface area is 156 Å². The maximum Gasteiger partial charge on any atom is 0.389 e. The van der Waals surface area contributed by atoms with Crippen molar-refractivity contribution in [3.05, 3.63) is 63.4 Å². The lowest BCUT2D eigenvalue weighted by atomic mass is 10.2. The quantitative estimate of drug-likeness (QED) is 0.436. The zero-order valence-electron chi connectivity index (χ0n) is 13.7. The SMILES string of the molecule is Cc1c(Cl)cccc1-n1c(SCCC(F)(F)F)nc2ccccc2c1=O. The Morgan fingerprint density at radius 2 is 1.88 bits per heavy atom. The Morgan fingerprint density at radius 3 is 2.62 bits per heavy atom. The molecule has 0 aliphatic heterocycles. The van der Waals surface area contributed by atoms with Crippen LogP contribution in [0.25, 0.3) is 16.6 Å². The van der Waals surface area contributed by atoms with Crippen molar-refractivity contribution < 1.29 is 13.2 Å². The summed E-state index contributed by atoms with van der Waals surface area (Å²) in [6, 6.07) is 11.8. The standard InChI is InChI=1S/C18H14ClF3N2OS/c1-11-13(19)6-4-8-15(11)24-16(25)12-5-2-3-7-14(12)23-17(24)26-10-9-18(20,21)22/h2-8H,9-10H2,1H3. The molecule has 3 nitrogen and oxygen atoms in total. The first-order valence-electron chi connectivity index (χ1n) is 7.75. The lowest BCUT2D eigenvalue weighted by Crippen LogP contribution is -2.23. The summed E-state index contributed by atoms with van der Waals surface area (Å²) in [5.74, 6) is -0.228. The summed E-state index contributed by atoms with van der Waals surface area (Å²) in [5.41, 5.74) is 1.28. The third kappa shape index (κ3) is 3.88. The minimum Gasteiger partial charge on any atom is -0.268 e. The van der Waals surface area contributed by atoms with Gasteiger partial charge in [0, 0.05) is 10.8 Å². The van der Waals surface area contributed by atoms with Gasteiger partial charge in [0.2, 0.25) is 0 Å². The summed E-state index contributed by atoms with van der Waals surface area (Å²) in [6.45, 7) is 1.75. The summed E-state index contributed by atoms with van der Waals surface area (Å²) in [6.07, 6.45) is -5.23. The van der Waals surface area contributed by atoms with Crippen LogP contribution in [0.3, 0.4) is 0 Å². The number of hydrogen-bond acceptors (Lipinski definition) is 3. The van der Waals surface area contributed by atoms with Crippen LogP contribution in [0.15, 0.2) is 52.4 Å². The van der Waals surface area contributed by atoms with E-state index in [2.05, 4.69) is 4.98 Å². The molecule has 0 fully saturated rings. The summed E-state index contributed by atoms with van der Waals surface area (Å²) >= 11 is 7.06. The molecular formula is C18H14ClF3N2OS. The summed E-state index contributed by atoms with van der Waals surface area (Å²) in [5, 5.41) is 1.07. The highest BCUT2D eigenvalue weighted by Crippen LogP contribution is 2.29. The van der Waals surface area contributed by atoms with Crippen LogP contribution in [0.2, 0.25) is 5.02 Å². The second-order valence-electron chi connectivity index (χ2n) is 5.65. The van der Waals surface area contributed by atoms with Crippen LogP contribution >= 0.6 is 23.4 Å². The van der Waals surface area contributed by atoms with Crippen LogP contribution in [0.5, 0.6) is 0 Å². The van der Waals surface area contributed by atoms with Crippen molar-refractivity contribution in [3.8, 4) is 5.69 Å². The first-order chi connectivity index (χ1) is 12.3. The van der Waals surface area contributed by atoms with E-state index in [1.165, 1.54) is 4.57 Å². The van der Waals surface area contributed by atoms with Gasteiger partial charge in [0.15, 0.2) is 5.16 Å². The fourth-order valence-electron chi connectivity index (χ4n) is 2.52. The van der Waals surface area contributed by atoms with Crippen molar-refractivity contribution in [3.63, 3.8) is 0 Å². The maximum atomic E-state index is 13.0. The predicted octanol–water partition coefficient (Wildman–Crippen LogP) is 5.39. The molecule has 0 aliphatic carbocycles. The van der Waals surface area contributed by atoms with Gasteiger partial charge in [0.25, 0.3) is 5.56 Å². The van der Waals surface area contributed by atoms with Gasteiger partial charge < -0.3 is 0 Å². The smallest absolute Gasteiger partial charge is 0.268 e. The summed E-state index contributed by atoms with van der Waals surface area (Å²) in [4.78, 5) is 17.4. The molecule has 1 heterocycles. The monoisotopic (exact) mass is 398 g/mol. The number of hydrogen-bond donors (Lipinski definition) is 0. The van der Waals surface area contributed by atoms with Gasteiger partial charge in [-0.15, -0.1) is 0 Å². The molecule has 0 atom stereocenters. The molecule has 0 saturated heterocycles. The van der Waals surface area contributed by atoms with Crippen molar-refractivity contribution >= 4 is 34.3 Å². The molecule has 0 bridgehead atoms. The summed E-state index contributed by atoms with van der Waals surface area (Å²) < 4.78 is 38.9. The number of benzene rings is 2. The van der Waals surface area contributed by atoms with E-state index in [9.17, 15) is 18.0 Å². The third-order valence-electron chi connectivity index (χ3n) is 3.84. The van der Waals surface area contributed by atoms with Crippen LogP contribution in [0.4, 0.5) is 13.2 Å².